The maximum absolute atomic E-state index is 11.7. The summed E-state index contributed by atoms with van der Waals surface area (Å²) in [6.07, 6.45) is 1.97. The second-order valence-electron chi connectivity index (χ2n) is 3.80. The van der Waals surface area contributed by atoms with Gasteiger partial charge in [0.2, 0.25) is 5.91 Å². The smallest absolute Gasteiger partial charge is 0.231 e. The molecule has 0 atom stereocenters. The number of anilines is 1. The van der Waals surface area contributed by atoms with E-state index in [2.05, 4.69) is 15.3 Å². The van der Waals surface area contributed by atoms with Crippen molar-refractivity contribution in [3.8, 4) is 0 Å². The number of aromatic nitrogens is 2. The highest BCUT2D eigenvalue weighted by molar-refractivity contribution is 7.09. The molecule has 0 unspecified atom stereocenters. The minimum absolute atomic E-state index is 0.0894. The number of thiazole rings is 1. The lowest BCUT2D eigenvalue weighted by Gasteiger charge is -2.03. The van der Waals surface area contributed by atoms with Crippen molar-refractivity contribution < 1.29 is 4.79 Å². The van der Waals surface area contributed by atoms with Crippen LogP contribution >= 0.6 is 11.3 Å². The minimum atomic E-state index is -0.0894. The van der Waals surface area contributed by atoms with Crippen LogP contribution in [0.4, 0.5) is 5.82 Å². The first-order valence-corrected chi connectivity index (χ1v) is 6.15. The van der Waals surface area contributed by atoms with Gasteiger partial charge in [0.25, 0.3) is 0 Å². The van der Waals surface area contributed by atoms with Crippen LogP contribution in [0, 0.1) is 13.8 Å². The van der Waals surface area contributed by atoms with Crippen molar-refractivity contribution in [2.45, 2.75) is 20.3 Å². The van der Waals surface area contributed by atoms with Gasteiger partial charge < -0.3 is 5.32 Å². The number of carbonyl (C=O) groups is 1. The number of rotatable bonds is 3. The van der Waals surface area contributed by atoms with E-state index in [-0.39, 0.29) is 5.91 Å². The zero-order valence-corrected chi connectivity index (χ0v) is 10.5. The molecule has 1 amide bonds. The molecular formula is C12H13N3OS. The van der Waals surface area contributed by atoms with E-state index in [9.17, 15) is 4.79 Å². The van der Waals surface area contributed by atoms with Crippen molar-refractivity contribution in [3.05, 3.63) is 40.0 Å². The molecule has 1 N–H and O–H groups in total. The van der Waals surface area contributed by atoms with Gasteiger partial charge in [0.15, 0.2) is 0 Å². The molecular weight excluding hydrogens is 234 g/mol. The van der Waals surface area contributed by atoms with Crippen LogP contribution in [0.2, 0.25) is 0 Å². The van der Waals surface area contributed by atoms with Crippen LogP contribution in [0.3, 0.4) is 0 Å². The molecule has 0 aliphatic rings. The van der Waals surface area contributed by atoms with Gasteiger partial charge in [-0.2, -0.15) is 0 Å². The molecule has 0 aromatic carbocycles. The van der Waals surface area contributed by atoms with Gasteiger partial charge in [-0.25, -0.2) is 9.97 Å². The third-order valence-electron chi connectivity index (χ3n) is 2.19. The molecule has 0 aliphatic heterocycles. The van der Waals surface area contributed by atoms with Crippen molar-refractivity contribution in [2.75, 3.05) is 5.32 Å². The molecule has 0 bridgehead atoms. The largest absolute Gasteiger partial charge is 0.310 e. The molecule has 4 nitrogen and oxygen atoms in total. The Labute approximate surface area is 104 Å². The van der Waals surface area contributed by atoms with Gasteiger partial charge in [-0.3, -0.25) is 4.79 Å². The monoisotopic (exact) mass is 247 g/mol. The van der Waals surface area contributed by atoms with Crippen LogP contribution in [0.15, 0.2) is 23.7 Å². The molecule has 0 saturated carbocycles. The third kappa shape index (κ3) is 3.35. The fourth-order valence-electron chi connectivity index (χ4n) is 1.45. The summed E-state index contributed by atoms with van der Waals surface area (Å²) in [5.74, 6) is 0.496. The fraction of sp³-hybridized carbons (Fsp3) is 0.250. The Balaban J connectivity index is 1.98. The van der Waals surface area contributed by atoms with Crippen molar-refractivity contribution >= 4 is 23.1 Å². The van der Waals surface area contributed by atoms with Crippen LogP contribution in [0.25, 0.3) is 0 Å². The Kier molecular flexibility index (Phi) is 3.49. The second-order valence-corrected chi connectivity index (χ2v) is 4.86. The summed E-state index contributed by atoms with van der Waals surface area (Å²) in [4.78, 5) is 20.0. The number of nitrogens with one attached hydrogen (secondary N) is 1. The van der Waals surface area contributed by atoms with E-state index >= 15 is 0 Å². The van der Waals surface area contributed by atoms with Crippen molar-refractivity contribution in [2.24, 2.45) is 0 Å². The summed E-state index contributed by atoms with van der Waals surface area (Å²) in [6, 6.07) is 3.73. The van der Waals surface area contributed by atoms with E-state index in [0.717, 1.165) is 16.3 Å². The summed E-state index contributed by atoms with van der Waals surface area (Å²) in [7, 11) is 0. The van der Waals surface area contributed by atoms with Gasteiger partial charge in [0.1, 0.15) is 5.82 Å². The van der Waals surface area contributed by atoms with Gasteiger partial charge in [-0.05, 0) is 31.5 Å². The maximum Gasteiger partial charge on any atom is 0.231 e. The molecule has 0 aliphatic carbocycles. The molecule has 17 heavy (non-hydrogen) atoms. The highest BCUT2D eigenvalue weighted by Gasteiger charge is 2.07. The number of nitrogens with zero attached hydrogens (tertiary/aromatic N) is 2. The lowest BCUT2D eigenvalue weighted by molar-refractivity contribution is -0.115. The molecule has 88 valence electrons. The van der Waals surface area contributed by atoms with E-state index in [0.29, 0.717) is 12.2 Å². The van der Waals surface area contributed by atoms with Gasteiger partial charge in [-0.1, -0.05) is 0 Å². The molecule has 2 aromatic heterocycles. The van der Waals surface area contributed by atoms with Crippen LogP contribution in [-0.2, 0) is 11.2 Å². The molecule has 0 fully saturated rings. The van der Waals surface area contributed by atoms with Crippen molar-refractivity contribution in [1.29, 1.82) is 0 Å². The molecule has 5 heteroatoms. The first-order chi connectivity index (χ1) is 8.13. The highest BCUT2D eigenvalue weighted by Crippen LogP contribution is 2.10. The predicted octanol–water partition coefficient (Wildman–Crippen LogP) is 2.34. The quantitative estimate of drug-likeness (QED) is 0.905. The number of carbonyl (C=O) groups excluding carboxylic acids is 1. The third-order valence-corrected chi connectivity index (χ3v) is 3.01. The zero-order chi connectivity index (χ0) is 12.3. The summed E-state index contributed by atoms with van der Waals surface area (Å²) in [5.41, 5.74) is 1.87. The number of pyridine rings is 1. The lowest BCUT2D eigenvalue weighted by atomic mass is 10.3. The summed E-state index contributed by atoms with van der Waals surface area (Å²) in [5, 5.41) is 5.63. The average molecular weight is 247 g/mol. The first kappa shape index (κ1) is 11.7. The van der Waals surface area contributed by atoms with E-state index in [1.165, 1.54) is 0 Å². The van der Waals surface area contributed by atoms with Gasteiger partial charge in [-0.15, -0.1) is 11.3 Å². The van der Waals surface area contributed by atoms with Crippen LogP contribution in [-0.4, -0.2) is 15.9 Å². The maximum atomic E-state index is 11.7. The standard InChI is InChI=1S/C12H13N3OS/c1-8-3-4-13-11(5-8)15-12(16)6-10-7-17-9(2)14-10/h3-5,7H,6H2,1-2H3,(H,13,15,16). The molecule has 0 radical (unpaired) electrons. The summed E-state index contributed by atoms with van der Waals surface area (Å²) in [6.45, 7) is 3.88. The summed E-state index contributed by atoms with van der Waals surface area (Å²) < 4.78 is 0. The Hall–Kier alpha value is -1.75. The number of amides is 1. The second kappa shape index (κ2) is 5.05. The Morgan fingerprint density at radius 1 is 1.47 bits per heavy atom. The van der Waals surface area contributed by atoms with Gasteiger partial charge >= 0.3 is 0 Å². The van der Waals surface area contributed by atoms with E-state index in [1.54, 1.807) is 17.5 Å². The SMILES string of the molecule is Cc1ccnc(NC(=O)Cc2csc(C)n2)c1. The fourth-order valence-corrected chi connectivity index (χ4v) is 2.06. The molecule has 0 saturated heterocycles. The Morgan fingerprint density at radius 3 is 2.94 bits per heavy atom. The first-order valence-electron chi connectivity index (χ1n) is 5.27. The Bertz CT molecular complexity index is 536. The summed E-state index contributed by atoms with van der Waals surface area (Å²) >= 11 is 1.55. The average Bonchev–Trinajstić information content (AvgIpc) is 2.63. The lowest BCUT2D eigenvalue weighted by Crippen LogP contribution is -2.15. The molecule has 2 rings (SSSR count). The van der Waals surface area contributed by atoms with E-state index in [1.807, 2.05) is 31.4 Å². The van der Waals surface area contributed by atoms with Crippen LogP contribution in [0.1, 0.15) is 16.3 Å². The van der Waals surface area contributed by atoms with Crippen molar-refractivity contribution in [3.63, 3.8) is 0 Å². The van der Waals surface area contributed by atoms with Crippen molar-refractivity contribution in [1.82, 2.24) is 9.97 Å². The molecule has 2 aromatic rings. The van der Waals surface area contributed by atoms with Gasteiger partial charge in [0.05, 0.1) is 17.1 Å². The van der Waals surface area contributed by atoms with Crippen LogP contribution < -0.4 is 5.32 Å². The highest BCUT2D eigenvalue weighted by atomic mass is 32.1. The van der Waals surface area contributed by atoms with Gasteiger partial charge in [0, 0.05) is 11.6 Å². The predicted molar refractivity (Wildman–Crippen MR) is 68.2 cm³/mol. The Morgan fingerprint density at radius 2 is 2.29 bits per heavy atom. The van der Waals surface area contributed by atoms with E-state index in [4.69, 9.17) is 0 Å². The molecule has 2 heterocycles. The molecule has 0 spiro atoms. The topological polar surface area (TPSA) is 54.9 Å². The zero-order valence-electron chi connectivity index (χ0n) is 9.73. The number of hydrogen-bond donors (Lipinski definition) is 1. The number of aryl methyl sites for hydroxylation is 2. The number of hydrogen-bond acceptors (Lipinski definition) is 4. The van der Waals surface area contributed by atoms with E-state index < -0.39 is 0 Å². The minimum Gasteiger partial charge on any atom is -0.310 e. The normalized spacial score (nSPS) is 10.2. The van der Waals surface area contributed by atoms with Crippen LogP contribution in [0.5, 0.6) is 0 Å².